The largest absolute Gasteiger partial charge is 0.362 e. The molecule has 4 aromatic rings. The van der Waals surface area contributed by atoms with Crippen LogP contribution in [0.4, 0.5) is 17.2 Å². The predicted molar refractivity (Wildman–Crippen MR) is 109 cm³/mol. The van der Waals surface area contributed by atoms with Gasteiger partial charge in [0.2, 0.25) is 0 Å². The topological polar surface area (TPSA) is 76.8 Å². The van der Waals surface area contributed by atoms with E-state index in [2.05, 4.69) is 20.3 Å². The minimum atomic E-state index is -0.0948. The predicted octanol–water partition coefficient (Wildman–Crippen LogP) is 4.10. The quantitative estimate of drug-likeness (QED) is 0.509. The van der Waals surface area contributed by atoms with Gasteiger partial charge in [0.25, 0.3) is 5.56 Å². The average Bonchev–Trinajstić information content (AvgIpc) is 3.25. The summed E-state index contributed by atoms with van der Waals surface area (Å²) < 4.78 is 0. The third-order valence-electron chi connectivity index (χ3n) is 4.20. The second-order valence-electron chi connectivity index (χ2n) is 6.30. The van der Waals surface area contributed by atoms with E-state index in [4.69, 9.17) is 0 Å². The number of nitrogens with zero attached hydrogens (tertiary/aromatic N) is 2. The SMILES string of the molecule is Cc1ccc(-c2cc(Nc3ccnc4[nH]ccc34)c(N(C)C)[nH]c2=O)s1. The molecule has 3 N–H and O–H groups in total. The first-order valence-electron chi connectivity index (χ1n) is 8.23. The Morgan fingerprint density at radius 2 is 2.00 bits per heavy atom. The number of anilines is 3. The average molecular weight is 365 g/mol. The molecule has 0 amide bonds. The molecule has 6 nitrogen and oxygen atoms in total. The Morgan fingerprint density at radius 3 is 2.73 bits per heavy atom. The number of aromatic amines is 2. The standard InChI is InChI=1S/C19H19N5OS/c1-11-4-5-16(26-11)13-10-15(18(24(2)3)23-19(13)25)22-14-7-9-21-17-12(14)6-8-20-17/h4-10H,1-3H3,(H,23,25)(H2,20,21,22). The molecule has 4 heterocycles. The lowest BCUT2D eigenvalue weighted by molar-refractivity contribution is 1.05. The van der Waals surface area contributed by atoms with Gasteiger partial charge in [0.1, 0.15) is 11.5 Å². The minimum absolute atomic E-state index is 0.0948. The van der Waals surface area contributed by atoms with E-state index >= 15 is 0 Å². The zero-order valence-electron chi connectivity index (χ0n) is 14.8. The lowest BCUT2D eigenvalue weighted by Crippen LogP contribution is -2.19. The number of pyridine rings is 2. The first-order chi connectivity index (χ1) is 12.5. The van der Waals surface area contributed by atoms with Crippen molar-refractivity contribution in [2.75, 3.05) is 24.3 Å². The van der Waals surface area contributed by atoms with Crippen molar-refractivity contribution in [2.24, 2.45) is 0 Å². The van der Waals surface area contributed by atoms with E-state index in [1.165, 1.54) is 4.88 Å². The second kappa shape index (κ2) is 6.34. The highest BCUT2D eigenvalue weighted by Crippen LogP contribution is 2.33. The zero-order valence-corrected chi connectivity index (χ0v) is 15.6. The van der Waals surface area contributed by atoms with Crippen molar-refractivity contribution in [3.05, 3.63) is 58.0 Å². The Hall–Kier alpha value is -3.06. The van der Waals surface area contributed by atoms with Crippen LogP contribution in [0.15, 0.2) is 47.5 Å². The molecule has 4 aromatic heterocycles. The summed E-state index contributed by atoms with van der Waals surface area (Å²) in [6, 6.07) is 9.84. The molecule has 0 spiro atoms. The number of hydrogen-bond donors (Lipinski definition) is 3. The van der Waals surface area contributed by atoms with Gasteiger partial charge < -0.3 is 20.2 Å². The van der Waals surface area contributed by atoms with Gasteiger partial charge in [-0.25, -0.2) is 4.98 Å². The van der Waals surface area contributed by atoms with Gasteiger partial charge in [-0.15, -0.1) is 11.3 Å². The molecule has 0 bridgehead atoms. The Kier molecular flexibility index (Phi) is 4.00. The van der Waals surface area contributed by atoms with Crippen LogP contribution in [0, 0.1) is 6.92 Å². The molecule has 0 atom stereocenters. The monoisotopic (exact) mass is 365 g/mol. The van der Waals surface area contributed by atoms with Gasteiger partial charge in [0.15, 0.2) is 0 Å². The number of fused-ring (bicyclic) bond motifs is 1. The van der Waals surface area contributed by atoms with E-state index in [1.54, 1.807) is 17.5 Å². The van der Waals surface area contributed by atoms with Crippen LogP contribution in [0.5, 0.6) is 0 Å². The van der Waals surface area contributed by atoms with Crippen molar-refractivity contribution in [1.29, 1.82) is 0 Å². The van der Waals surface area contributed by atoms with Crippen LogP contribution in [0.2, 0.25) is 0 Å². The fraction of sp³-hybridized carbons (Fsp3) is 0.158. The summed E-state index contributed by atoms with van der Waals surface area (Å²) in [6.07, 6.45) is 3.62. The highest BCUT2D eigenvalue weighted by atomic mass is 32.1. The summed E-state index contributed by atoms with van der Waals surface area (Å²) in [7, 11) is 3.81. The minimum Gasteiger partial charge on any atom is -0.362 e. The number of aromatic nitrogens is 3. The Balaban J connectivity index is 1.86. The Morgan fingerprint density at radius 1 is 1.15 bits per heavy atom. The maximum atomic E-state index is 12.6. The number of rotatable bonds is 4. The lowest BCUT2D eigenvalue weighted by Gasteiger charge is -2.19. The summed E-state index contributed by atoms with van der Waals surface area (Å²) in [6.45, 7) is 2.04. The summed E-state index contributed by atoms with van der Waals surface area (Å²) in [4.78, 5) is 27.1. The van der Waals surface area contributed by atoms with Crippen LogP contribution in [-0.2, 0) is 0 Å². The summed E-state index contributed by atoms with van der Waals surface area (Å²) in [5.41, 5.74) is 3.15. The zero-order chi connectivity index (χ0) is 18.3. The van der Waals surface area contributed by atoms with Gasteiger partial charge in [-0.05, 0) is 37.3 Å². The number of thiophene rings is 1. The molecule has 0 fully saturated rings. The molecule has 26 heavy (non-hydrogen) atoms. The highest BCUT2D eigenvalue weighted by molar-refractivity contribution is 7.15. The molecular formula is C19H19N5OS. The van der Waals surface area contributed by atoms with E-state index in [1.807, 2.05) is 62.4 Å². The molecule has 0 saturated carbocycles. The number of hydrogen-bond acceptors (Lipinski definition) is 5. The molecule has 0 aliphatic heterocycles. The second-order valence-corrected chi connectivity index (χ2v) is 7.59. The summed E-state index contributed by atoms with van der Waals surface area (Å²) in [5, 5.41) is 4.46. The number of H-pyrrole nitrogens is 2. The maximum absolute atomic E-state index is 12.6. The fourth-order valence-electron chi connectivity index (χ4n) is 2.95. The van der Waals surface area contributed by atoms with E-state index in [9.17, 15) is 4.79 Å². The third-order valence-corrected chi connectivity index (χ3v) is 5.24. The summed E-state index contributed by atoms with van der Waals surface area (Å²) >= 11 is 1.61. The molecule has 132 valence electrons. The third kappa shape index (κ3) is 2.86. The molecule has 0 saturated heterocycles. The lowest BCUT2D eigenvalue weighted by atomic mass is 10.2. The molecule has 4 rings (SSSR count). The number of aryl methyl sites for hydroxylation is 1. The normalized spacial score (nSPS) is 11.0. The van der Waals surface area contributed by atoms with E-state index in [0.717, 1.165) is 33.1 Å². The van der Waals surface area contributed by atoms with Crippen molar-refractivity contribution < 1.29 is 0 Å². The van der Waals surface area contributed by atoms with Crippen LogP contribution in [0.3, 0.4) is 0 Å². The molecule has 0 aliphatic carbocycles. The van der Waals surface area contributed by atoms with Crippen LogP contribution in [0.25, 0.3) is 21.5 Å². The first kappa shape index (κ1) is 16.4. The fourth-order valence-corrected chi connectivity index (χ4v) is 3.83. The van der Waals surface area contributed by atoms with Crippen molar-refractivity contribution in [1.82, 2.24) is 15.0 Å². The Labute approximate surface area is 154 Å². The van der Waals surface area contributed by atoms with Crippen molar-refractivity contribution in [2.45, 2.75) is 6.92 Å². The Bertz CT molecular complexity index is 1140. The van der Waals surface area contributed by atoms with Gasteiger partial charge in [0.05, 0.1) is 16.9 Å². The van der Waals surface area contributed by atoms with Crippen LogP contribution >= 0.6 is 11.3 Å². The molecule has 0 unspecified atom stereocenters. The molecule has 0 aliphatic rings. The van der Waals surface area contributed by atoms with Crippen molar-refractivity contribution in [3.8, 4) is 10.4 Å². The molecular weight excluding hydrogens is 346 g/mol. The first-order valence-corrected chi connectivity index (χ1v) is 9.05. The van der Waals surface area contributed by atoms with Crippen LogP contribution in [0.1, 0.15) is 4.88 Å². The van der Waals surface area contributed by atoms with Gasteiger partial charge in [0, 0.05) is 41.6 Å². The van der Waals surface area contributed by atoms with Gasteiger partial charge in [-0.3, -0.25) is 4.79 Å². The molecule has 7 heteroatoms. The molecule has 0 radical (unpaired) electrons. The van der Waals surface area contributed by atoms with Crippen LogP contribution in [-0.4, -0.2) is 29.0 Å². The van der Waals surface area contributed by atoms with E-state index < -0.39 is 0 Å². The number of nitrogens with one attached hydrogen (secondary N) is 3. The van der Waals surface area contributed by atoms with Gasteiger partial charge >= 0.3 is 0 Å². The van der Waals surface area contributed by atoms with E-state index in [-0.39, 0.29) is 5.56 Å². The maximum Gasteiger partial charge on any atom is 0.258 e. The summed E-state index contributed by atoms with van der Waals surface area (Å²) in [5.74, 6) is 0.729. The van der Waals surface area contributed by atoms with Crippen molar-refractivity contribution in [3.63, 3.8) is 0 Å². The van der Waals surface area contributed by atoms with Gasteiger partial charge in [-0.2, -0.15) is 0 Å². The highest BCUT2D eigenvalue weighted by Gasteiger charge is 2.14. The molecule has 0 aromatic carbocycles. The van der Waals surface area contributed by atoms with Crippen LogP contribution < -0.4 is 15.8 Å². The van der Waals surface area contributed by atoms with Gasteiger partial charge in [-0.1, -0.05) is 0 Å². The van der Waals surface area contributed by atoms with E-state index in [0.29, 0.717) is 5.56 Å². The van der Waals surface area contributed by atoms with Crippen molar-refractivity contribution >= 4 is 39.6 Å². The smallest absolute Gasteiger partial charge is 0.258 e.